The molecular weight excluding hydrogens is 454 g/mol. The van der Waals surface area contributed by atoms with Gasteiger partial charge in [-0.25, -0.2) is 0 Å². The van der Waals surface area contributed by atoms with Gasteiger partial charge in [0.25, 0.3) is 11.8 Å². The Morgan fingerprint density at radius 1 is 0.722 bits per heavy atom. The summed E-state index contributed by atoms with van der Waals surface area (Å²) in [5.41, 5.74) is 2.53. The lowest BCUT2D eigenvalue weighted by Crippen LogP contribution is -2.29. The molecule has 0 saturated heterocycles. The second kappa shape index (κ2) is 11.1. The zero-order valence-electron chi connectivity index (χ0n) is 20.5. The average molecular weight is 484 g/mol. The first-order valence-corrected chi connectivity index (χ1v) is 12.2. The molecule has 0 unspecified atom stereocenters. The number of hydrogen-bond donors (Lipinski definition) is 2. The van der Waals surface area contributed by atoms with E-state index in [-0.39, 0.29) is 28.6 Å². The van der Waals surface area contributed by atoms with Crippen LogP contribution < -0.4 is 10.6 Å². The molecule has 184 valence electrons. The first-order valence-electron chi connectivity index (χ1n) is 12.2. The van der Waals surface area contributed by atoms with Crippen molar-refractivity contribution in [3.63, 3.8) is 0 Å². The van der Waals surface area contributed by atoms with Crippen LogP contribution in [0.5, 0.6) is 0 Å². The van der Waals surface area contributed by atoms with Crippen LogP contribution in [0.15, 0.2) is 66.7 Å². The van der Waals surface area contributed by atoms with Gasteiger partial charge >= 0.3 is 0 Å². The number of nitrogens with one attached hydrogen (secondary N) is 2. The molecule has 0 saturated carbocycles. The highest BCUT2D eigenvalue weighted by atomic mass is 16.2. The molecule has 7 heteroatoms. The molecule has 1 aliphatic carbocycles. The minimum atomic E-state index is -0.412. The summed E-state index contributed by atoms with van der Waals surface area (Å²) in [5.74, 6) is -1.08. The number of ketones is 2. The van der Waals surface area contributed by atoms with E-state index in [1.54, 1.807) is 48.5 Å². The van der Waals surface area contributed by atoms with Crippen molar-refractivity contribution in [2.45, 2.75) is 20.3 Å². The van der Waals surface area contributed by atoms with Gasteiger partial charge in [0, 0.05) is 45.6 Å². The van der Waals surface area contributed by atoms with Crippen LogP contribution in [0.25, 0.3) is 0 Å². The fourth-order valence-electron chi connectivity index (χ4n) is 4.30. The minimum Gasteiger partial charge on any atom is -0.352 e. The molecule has 0 aliphatic heterocycles. The fourth-order valence-corrected chi connectivity index (χ4v) is 4.30. The standard InChI is InChI=1S/C29H29N3O4/c1-3-32(4-2)17-7-16-30-28(35)19-10-13-21(14-11-19)31-29(36)20-12-15-24-25(18-20)27(34)23-9-6-5-8-22(23)26(24)33/h5-6,8-15,18H,3-4,7,16-17H2,1-2H3,(H,30,35)(H,31,36). The largest absolute Gasteiger partial charge is 0.352 e. The van der Waals surface area contributed by atoms with Crippen molar-refractivity contribution < 1.29 is 19.2 Å². The van der Waals surface area contributed by atoms with Gasteiger partial charge in [0.1, 0.15) is 0 Å². The van der Waals surface area contributed by atoms with Crippen molar-refractivity contribution in [3.8, 4) is 0 Å². The van der Waals surface area contributed by atoms with Crippen molar-refractivity contribution >= 4 is 29.1 Å². The van der Waals surface area contributed by atoms with Crippen LogP contribution in [0.1, 0.15) is 72.8 Å². The van der Waals surface area contributed by atoms with Crippen molar-refractivity contribution in [2.24, 2.45) is 0 Å². The van der Waals surface area contributed by atoms with E-state index in [1.807, 2.05) is 0 Å². The number of carbonyl (C=O) groups is 4. The highest BCUT2D eigenvalue weighted by Crippen LogP contribution is 2.28. The zero-order chi connectivity index (χ0) is 25.7. The summed E-state index contributed by atoms with van der Waals surface area (Å²) >= 11 is 0. The number of rotatable bonds is 9. The third kappa shape index (κ3) is 5.26. The van der Waals surface area contributed by atoms with Crippen LogP contribution in [-0.4, -0.2) is 54.5 Å². The van der Waals surface area contributed by atoms with Crippen LogP contribution in [0, 0.1) is 0 Å². The molecule has 1 aliphatic rings. The maximum Gasteiger partial charge on any atom is 0.255 e. The smallest absolute Gasteiger partial charge is 0.255 e. The molecule has 0 bridgehead atoms. The molecule has 36 heavy (non-hydrogen) atoms. The molecule has 0 aromatic heterocycles. The Bertz CT molecular complexity index is 1310. The van der Waals surface area contributed by atoms with E-state index in [2.05, 4.69) is 29.4 Å². The number of carbonyl (C=O) groups excluding carboxylic acids is 4. The van der Waals surface area contributed by atoms with Gasteiger partial charge in [0.05, 0.1) is 0 Å². The monoisotopic (exact) mass is 483 g/mol. The van der Waals surface area contributed by atoms with Crippen LogP contribution in [0.3, 0.4) is 0 Å². The quantitative estimate of drug-likeness (QED) is 0.348. The van der Waals surface area contributed by atoms with Gasteiger partial charge in [-0.1, -0.05) is 38.1 Å². The van der Waals surface area contributed by atoms with Crippen molar-refractivity contribution in [2.75, 3.05) is 31.5 Å². The van der Waals surface area contributed by atoms with Crippen molar-refractivity contribution in [3.05, 3.63) is 100 Å². The number of hydrogen-bond acceptors (Lipinski definition) is 5. The minimum absolute atomic E-state index is 0.162. The number of anilines is 1. The molecule has 0 fully saturated rings. The van der Waals surface area contributed by atoms with Gasteiger partial charge < -0.3 is 15.5 Å². The first kappa shape index (κ1) is 25.0. The van der Waals surface area contributed by atoms with E-state index in [0.29, 0.717) is 34.5 Å². The average Bonchev–Trinajstić information content (AvgIpc) is 2.91. The lowest BCUT2D eigenvalue weighted by Gasteiger charge is -2.18. The maximum absolute atomic E-state index is 12.9. The molecule has 4 rings (SSSR count). The summed E-state index contributed by atoms with van der Waals surface area (Å²) in [4.78, 5) is 53.2. The van der Waals surface area contributed by atoms with Crippen molar-refractivity contribution in [1.29, 1.82) is 0 Å². The molecule has 0 radical (unpaired) electrons. The molecular formula is C29H29N3O4. The topological polar surface area (TPSA) is 95.6 Å². The molecule has 3 aromatic rings. The Morgan fingerprint density at radius 2 is 1.31 bits per heavy atom. The predicted octanol–water partition coefficient (Wildman–Crippen LogP) is 4.18. The van der Waals surface area contributed by atoms with E-state index in [0.717, 1.165) is 26.1 Å². The van der Waals surface area contributed by atoms with E-state index in [9.17, 15) is 19.2 Å². The van der Waals surface area contributed by atoms with E-state index >= 15 is 0 Å². The fraction of sp³-hybridized carbons (Fsp3) is 0.241. The van der Waals surface area contributed by atoms with E-state index in [1.165, 1.54) is 18.2 Å². The number of benzene rings is 3. The molecule has 2 amide bonds. The third-order valence-corrected chi connectivity index (χ3v) is 6.42. The Kier molecular flexibility index (Phi) is 7.71. The molecule has 7 nitrogen and oxygen atoms in total. The van der Waals surface area contributed by atoms with Crippen molar-refractivity contribution in [1.82, 2.24) is 10.2 Å². The van der Waals surface area contributed by atoms with Gasteiger partial charge in [0.2, 0.25) is 0 Å². The molecule has 2 N–H and O–H groups in total. The van der Waals surface area contributed by atoms with E-state index in [4.69, 9.17) is 0 Å². The van der Waals surface area contributed by atoms with Gasteiger partial charge in [0.15, 0.2) is 11.6 Å². The first-order chi connectivity index (χ1) is 17.4. The second-order valence-electron chi connectivity index (χ2n) is 8.63. The summed E-state index contributed by atoms with van der Waals surface area (Å²) in [5, 5.41) is 5.70. The SMILES string of the molecule is CCN(CC)CCCNC(=O)c1ccc(NC(=O)c2ccc3c(c2)C(=O)c2ccccc2C3=O)cc1. The number of amides is 2. The molecule has 0 atom stereocenters. The zero-order valence-corrected chi connectivity index (χ0v) is 20.5. The highest BCUT2D eigenvalue weighted by molar-refractivity contribution is 6.28. The Balaban J connectivity index is 1.38. The van der Waals surface area contributed by atoms with Gasteiger partial charge in [-0.2, -0.15) is 0 Å². The van der Waals surface area contributed by atoms with Gasteiger partial charge in [-0.05, 0) is 68.5 Å². The normalized spacial score (nSPS) is 12.2. The highest BCUT2D eigenvalue weighted by Gasteiger charge is 2.29. The van der Waals surface area contributed by atoms with Crippen LogP contribution in [0.4, 0.5) is 5.69 Å². The van der Waals surface area contributed by atoms with Gasteiger partial charge in [-0.15, -0.1) is 0 Å². The summed E-state index contributed by atoms with van der Waals surface area (Å²) in [6.45, 7) is 7.75. The Labute approximate surface area is 210 Å². The van der Waals surface area contributed by atoms with Crippen LogP contribution in [0.2, 0.25) is 0 Å². The maximum atomic E-state index is 12.9. The lowest BCUT2D eigenvalue weighted by molar-refractivity contribution is 0.0950. The van der Waals surface area contributed by atoms with Gasteiger partial charge in [-0.3, -0.25) is 19.2 Å². The summed E-state index contributed by atoms with van der Waals surface area (Å²) in [6, 6.07) is 17.8. The molecule has 3 aromatic carbocycles. The predicted molar refractivity (Wildman–Crippen MR) is 139 cm³/mol. The number of fused-ring (bicyclic) bond motifs is 2. The molecule has 0 spiro atoms. The lowest BCUT2D eigenvalue weighted by atomic mass is 9.83. The Morgan fingerprint density at radius 3 is 1.94 bits per heavy atom. The van der Waals surface area contributed by atoms with Crippen LogP contribution in [-0.2, 0) is 0 Å². The second-order valence-corrected chi connectivity index (χ2v) is 8.63. The van der Waals surface area contributed by atoms with Crippen LogP contribution >= 0.6 is 0 Å². The third-order valence-electron chi connectivity index (χ3n) is 6.42. The van der Waals surface area contributed by atoms with E-state index < -0.39 is 5.91 Å². The Hall–Kier alpha value is -4.10. The summed E-state index contributed by atoms with van der Waals surface area (Å²) in [6.07, 6.45) is 0.877. The summed E-state index contributed by atoms with van der Waals surface area (Å²) < 4.78 is 0. The number of nitrogens with zero attached hydrogens (tertiary/aromatic N) is 1. The molecule has 0 heterocycles. The summed E-state index contributed by atoms with van der Waals surface area (Å²) in [7, 11) is 0.